The van der Waals surface area contributed by atoms with Gasteiger partial charge in [0.1, 0.15) is 11.4 Å². The zero-order valence-corrected chi connectivity index (χ0v) is 15.9. The summed E-state index contributed by atoms with van der Waals surface area (Å²) in [5.41, 5.74) is 1.28. The van der Waals surface area contributed by atoms with E-state index in [-0.39, 0.29) is 30.4 Å². The molecule has 0 bridgehead atoms. The van der Waals surface area contributed by atoms with Crippen molar-refractivity contribution in [3.63, 3.8) is 0 Å². The van der Waals surface area contributed by atoms with Crippen molar-refractivity contribution < 1.29 is 19.2 Å². The SMILES string of the molecule is COc1ccc(NC(=O)CN(C)CC(=O)Nc2ccc(C)cc2[N+](=O)[O-])cc1. The van der Waals surface area contributed by atoms with Crippen molar-refractivity contribution in [2.45, 2.75) is 6.92 Å². The fourth-order valence-corrected chi connectivity index (χ4v) is 2.51. The van der Waals surface area contributed by atoms with Crippen LogP contribution in [0.15, 0.2) is 42.5 Å². The van der Waals surface area contributed by atoms with Gasteiger partial charge in [0.05, 0.1) is 25.1 Å². The minimum Gasteiger partial charge on any atom is -0.497 e. The fraction of sp³-hybridized carbons (Fsp3) is 0.263. The summed E-state index contributed by atoms with van der Waals surface area (Å²) < 4.78 is 5.05. The second kappa shape index (κ2) is 9.47. The van der Waals surface area contributed by atoms with Crippen LogP contribution in [-0.2, 0) is 9.59 Å². The Morgan fingerprint density at radius 3 is 2.25 bits per heavy atom. The molecule has 2 rings (SSSR count). The van der Waals surface area contributed by atoms with Crippen LogP contribution < -0.4 is 15.4 Å². The summed E-state index contributed by atoms with van der Waals surface area (Å²) in [6, 6.07) is 11.4. The van der Waals surface area contributed by atoms with Crippen molar-refractivity contribution >= 4 is 28.9 Å². The van der Waals surface area contributed by atoms with Crippen LogP contribution in [0.2, 0.25) is 0 Å². The van der Waals surface area contributed by atoms with E-state index in [1.54, 1.807) is 51.4 Å². The van der Waals surface area contributed by atoms with Gasteiger partial charge in [0.2, 0.25) is 11.8 Å². The molecule has 28 heavy (non-hydrogen) atoms. The third-order valence-corrected chi connectivity index (χ3v) is 3.82. The molecule has 0 heterocycles. The van der Waals surface area contributed by atoms with E-state index in [4.69, 9.17) is 4.74 Å². The highest BCUT2D eigenvalue weighted by atomic mass is 16.6. The zero-order chi connectivity index (χ0) is 20.7. The number of rotatable bonds is 8. The molecule has 0 fully saturated rings. The van der Waals surface area contributed by atoms with E-state index in [1.807, 2.05) is 0 Å². The minimum atomic E-state index is -0.547. The molecule has 0 spiro atoms. The van der Waals surface area contributed by atoms with Gasteiger partial charge in [0.25, 0.3) is 5.69 Å². The standard InChI is InChI=1S/C19H22N4O5/c1-13-4-9-16(17(10-13)23(26)27)21-19(25)12-22(2)11-18(24)20-14-5-7-15(28-3)8-6-14/h4-10H,11-12H2,1-3H3,(H,20,24)(H,21,25). The maximum atomic E-state index is 12.2. The smallest absolute Gasteiger partial charge is 0.293 e. The topological polar surface area (TPSA) is 114 Å². The van der Waals surface area contributed by atoms with Gasteiger partial charge in [-0.25, -0.2) is 0 Å². The van der Waals surface area contributed by atoms with Crippen LogP contribution in [0.3, 0.4) is 0 Å². The van der Waals surface area contributed by atoms with Crippen LogP contribution in [0.25, 0.3) is 0 Å². The quantitative estimate of drug-likeness (QED) is 0.532. The Hall–Kier alpha value is -3.46. The van der Waals surface area contributed by atoms with Crippen LogP contribution in [0, 0.1) is 17.0 Å². The molecule has 2 amide bonds. The van der Waals surface area contributed by atoms with Gasteiger partial charge in [0.15, 0.2) is 0 Å². The first-order chi connectivity index (χ1) is 13.3. The number of hydrogen-bond donors (Lipinski definition) is 2. The van der Waals surface area contributed by atoms with Crippen molar-refractivity contribution in [1.82, 2.24) is 4.90 Å². The average molecular weight is 386 g/mol. The molecular weight excluding hydrogens is 364 g/mol. The molecule has 148 valence electrons. The number of nitro groups is 1. The second-order valence-electron chi connectivity index (χ2n) is 6.27. The Morgan fingerprint density at radius 2 is 1.68 bits per heavy atom. The molecule has 0 aromatic heterocycles. The highest BCUT2D eigenvalue weighted by molar-refractivity contribution is 5.96. The highest BCUT2D eigenvalue weighted by Crippen LogP contribution is 2.25. The Kier molecular flexibility index (Phi) is 7.05. The monoisotopic (exact) mass is 386 g/mol. The lowest BCUT2D eigenvalue weighted by atomic mass is 10.2. The molecule has 0 saturated carbocycles. The third kappa shape index (κ3) is 6.06. The van der Waals surface area contributed by atoms with Gasteiger partial charge in [-0.05, 0) is 49.9 Å². The van der Waals surface area contributed by atoms with E-state index in [9.17, 15) is 19.7 Å². The number of aryl methyl sites for hydroxylation is 1. The number of amides is 2. The molecule has 0 atom stereocenters. The van der Waals surface area contributed by atoms with Crippen LogP contribution in [0.1, 0.15) is 5.56 Å². The van der Waals surface area contributed by atoms with E-state index in [0.29, 0.717) is 11.4 Å². The van der Waals surface area contributed by atoms with Crippen LogP contribution in [-0.4, -0.2) is 48.9 Å². The molecule has 9 nitrogen and oxygen atoms in total. The number of methoxy groups -OCH3 is 1. The summed E-state index contributed by atoms with van der Waals surface area (Å²) >= 11 is 0. The van der Waals surface area contributed by atoms with Crippen molar-refractivity contribution in [1.29, 1.82) is 0 Å². The van der Waals surface area contributed by atoms with Gasteiger partial charge in [-0.15, -0.1) is 0 Å². The predicted molar refractivity (Wildman–Crippen MR) is 106 cm³/mol. The van der Waals surface area contributed by atoms with Gasteiger partial charge in [-0.3, -0.25) is 24.6 Å². The van der Waals surface area contributed by atoms with E-state index < -0.39 is 10.8 Å². The van der Waals surface area contributed by atoms with Crippen LogP contribution >= 0.6 is 0 Å². The lowest BCUT2D eigenvalue weighted by molar-refractivity contribution is -0.384. The lowest BCUT2D eigenvalue weighted by Gasteiger charge is -2.16. The number of nitro benzene ring substituents is 1. The molecule has 0 saturated heterocycles. The van der Waals surface area contributed by atoms with Crippen molar-refractivity contribution in [2.24, 2.45) is 0 Å². The summed E-state index contributed by atoms with van der Waals surface area (Å²) in [7, 11) is 3.16. The first-order valence-electron chi connectivity index (χ1n) is 8.46. The normalized spacial score (nSPS) is 10.4. The van der Waals surface area contributed by atoms with Gasteiger partial charge in [-0.1, -0.05) is 6.07 Å². The predicted octanol–water partition coefficient (Wildman–Crippen LogP) is 2.42. The molecule has 2 N–H and O–H groups in total. The summed E-state index contributed by atoms with van der Waals surface area (Å²) in [5, 5.41) is 16.4. The van der Waals surface area contributed by atoms with Crippen LogP contribution in [0.5, 0.6) is 5.75 Å². The van der Waals surface area contributed by atoms with Gasteiger partial charge < -0.3 is 15.4 Å². The molecule has 0 aliphatic carbocycles. The molecule has 0 unspecified atom stereocenters. The highest BCUT2D eigenvalue weighted by Gasteiger charge is 2.17. The van der Waals surface area contributed by atoms with E-state index in [1.165, 1.54) is 17.0 Å². The Morgan fingerprint density at radius 1 is 1.07 bits per heavy atom. The fourth-order valence-electron chi connectivity index (χ4n) is 2.51. The molecule has 2 aromatic carbocycles. The van der Waals surface area contributed by atoms with Crippen molar-refractivity contribution in [3.8, 4) is 5.75 Å². The molecule has 0 radical (unpaired) electrons. The maximum absolute atomic E-state index is 12.2. The Bertz CT molecular complexity index is 867. The first-order valence-corrected chi connectivity index (χ1v) is 8.46. The van der Waals surface area contributed by atoms with Gasteiger partial charge in [0, 0.05) is 11.8 Å². The minimum absolute atomic E-state index is 0.0184. The average Bonchev–Trinajstić information content (AvgIpc) is 2.63. The van der Waals surface area contributed by atoms with Crippen molar-refractivity contribution in [2.75, 3.05) is 37.9 Å². The largest absolute Gasteiger partial charge is 0.497 e. The van der Waals surface area contributed by atoms with E-state index >= 15 is 0 Å². The van der Waals surface area contributed by atoms with Gasteiger partial charge in [-0.2, -0.15) is 0 Å². The molecular formula is C19H22N4O5. The zero-order valence-electron chi connectivity index (χ0n) is 15.9. The van der Waals surface area contributed by atoms with Crippen LogP contribution in [0.4, 0.5) is 17.1 Å². The molecule has 0 aliphatic heterocycles. The number of carbonyl (C=O) groups excluding carboxylic acids is 2. The molecule has 9 heteroatoms. The Balaban J connectivity index is 1.88. The van der Waals surface area contributed by atoms with E-state index in [2.05, 4.69) is 10.6 Å². The number of hydrogen-bond acceptors (Lipinski definition) is 6. The lowest BCUT2D eigenvalue weighted by Crippen LogP contribution is -2.36. The van der Waals surface area contributed by atoms with Crippen molar-refractivity contribution in [3.05, 3.63) is 58.1 Å². The Labute approximate surface area is 162 Å². The number of nitrogens with zero attached hydrogens (tertiary/aromatic N) is 2. The number of likely N-dealkylation sites (N-methyl/N-ethyl adjacent to an activating group) is 1. The third-order valence-electron chi connectivity index (χ3n) is 3.82. The number of benzene rings is 2. The number of carbonyl (C=O) groups is 2. The summed E-state index contributed by atoms with van der Waals surface area (Å²) in [6.45, 7) is 1.62. The van der Waals surface area contributed by atoms with E-state index in [0.717, 1.165) is 5.56 Å². The maximum Gasteiger partial charge on any atom is 0.293 e. The number of nitrogens with one attached hydrogen (secondary N) is 2. The first kappa shape index (κ1) is 20.8. The second-order valence-corrected chi connectivity index (χ2v) is 6.27. The molecule has 0 aliphatic rings. The molecule has 2 aromatic rings. The number of anilines is 2. The summed E-state index contributed by atoms with van der Waals surface area (Å²) in [4.78, 5) is 36.3. The summed E-state index contributed by atoms with van der Waals surface area (Å²) in [6.07, 6.45) is 0. The summed E-state index contributed by atoms with van der Waals surface area (Å²) in [5.74, 6) is -0.0644. The van der Waals surface area contributed by atoms with Gasteiger partial charge >= 0.3 is 0 Å². The number of ether oxygens (including phenoxy) is 1.